The zero-order chi connectivity index (χ0) is 13.0. The molecule has 102 valence electrons. The molecule has 0 aliphatic carbocycles. The van der Waals surface area contributed by atoms with E-state index < -0.39 is 0 Å². The fraction of sp³-hybridized carbons (Fsp3) is 0.769. The van der Waals surface area contributed by atoms with E-state index >= 15 is 0 Å². The van der Waals surface area contributed by atoms with E-state index in [2.05, 4.69) is 17.0 Å². The normalized spacial score (nSPS) is 25.5. The Kier molecular flexibility index (Phi) is 4.74. The van der Waals surface area contributed by atoms with Crippen LogP contribution in [0.2, 0.25) is 0 Å². The van der Waals surface area contributed by atoms with Gasteiger partial charge in [0.2, 0.25) is 0 Å². The number of nitrogens with two attached hydrogens (primary N) is 1. The minimum Gasteiger partial charge on any atom is -0.377 e. The molecule has 5 nitrogen and oxygen atoms in total. The van der Waals surface area contributed by atoms with E-state index in [0.29, 0.717) is 18.6 Å². The van der Waals surface area contributed by atoms with Gasteiger partial charge in [0.25, 0.3) is 0 Å². The van der Waals surface area contributed by atoms with Crippen LogP contribution in [0.25, 0.3) is 0 Å². The molecule has 1 aromatic heterocycles. The molecule has 1 aliphatic heterocycles. The van der Waals surface area contributed by atoms with Crippen LogP contribution in [0.5, 0.6) is 0 Å². The fourth-order valence-corrected chi connectivity index (χ4v) is 2.57. The van der Waals surface area contributed by atoms with Crippen molar-refractivity contribution in [3.8, 4) is 0 Å². The number of ether oxygens (including phenoxy) is 1. The molecule has 0 saturated carbocycles. The molecule has 2 unspecified atom stereocenters. The molecule has 2 rings (SSSR count). The first-order valence-electron chi connectivity index (χ1n) is 6.64. The van der Waals surface area contributed by atoms with E-state index in [4.69, 9.17) is 15.0 Å². The minimum absolute atomic E-state index is 0.354. The molecule has 1 saturated heterocycles. The van der Waals surface area contributed by atoms with Crippen molar-refractivity contribution < 1.29 is 9.26 Å². The van der Waals surface area contributed by atoms with E-state index in [1.807, 2.05) is 6.07 Å². The highest BCUT2D eigenvalue weighted by molar-refractivity contribution is 5.04. The molecule has 1 aliphatic rings. The van der Waals surface area contributed by atoms with Crippen LogP contribution in [0.15, 0.2) is 10.6 Å². The minimum atomic E-state index is 0.354. The molecule has 2 atom stereocenters. The van der Waals surface area contributed by atoms with E-state index in [-0.39, 0.29) is 0 Å². The maximum atomic E-state index is 6.11. The second-order valence-electron chi connectivity index (χ2n) is 5.07. The first-order valence-corrected chi connectivity index (χ1v) is 6.64. The van der Waals surface area contributed by atoms with Gasteiger partial charge in [-0.2, -0.15) is 0 Å². The molecule has 0 aromatic carbocycles. The molecule has 0 amide bonds. The Morgan fingerprint density at radius 1 is 1.61 bits per heavy atom. The summed E-state index contributed by atoms with van der Waals surface area (Å²) in [5, 5.41) is 4.07. The summed E-state index contributed by atoms with van der Waals surface area (Å²) in [4.78, 5) is 2.41. The average molecular weight is 253 g/mol. The SMILES string of the molecule is CCC1CN(Cc2cc(COC)on2)CCC1N. The first kappa shape index (κ1) is 13.5. The predicted octanol–water partition coefficient (Wildman–Crippen LogP) is 1.38. The Hall–Kier alpha value is -0.910. The van der Waals surface area contributed by atoms with Crippen molar-refractivity contribution in [2.75, 3.05) is 20.2 Å². The number of likely N-dealkylation sites (tertiary alicyclic amines) is 1. The maximum Gasteiger partial charge on any atom is 0.162 e. The molecule has 5 heteroatoms. The van der Waals surface area contributed by atoms with Gasteiger partial charge in [-0.15, -0.1) is 0 Å². The molecule has 0 bridgehead atoms. The van der Waals surface area contributed by atoms with Crippen LogP contribution < -0.4 is 5.73 Å². The smallest absolute Gasteiger partial charge is 0.162 e. The van der Waals surface area contributed by atoms with E-state index in [1.165, 1.54) is 0 Å². The standard InChI is InChI=1S/C13H23N3O2/c1-3-10-7-16(5-4-13(10)14)8-11-6-12(9-17-2)18-15-11/h6,10,13H,3-5,7-9,14H2,1-2H3. The van der Waals surface area contributed by atoms with Gasteiger partial charge >= 0.3 is 0 Å². The van der Waals surface area contributed by atoms with Gasteiger partial charge in [-0.1, -0.05) is 18.5 Å². The van der Waals surface area contributed by atoms with Crippen molar-refractivity contribution >= 4 is 0 Å². The molecule has 1 fully saturated rings. The second-order valence-corrected chi connectivity index (χ2v) is 5.07. The number of hydrogen-bond acceptors (Lipinski definition) is 5. The van der Waals surface area contributed by atoms with Crippen molar-refractivity contribution in [3.05, 3.63) is 17.5 Å². The summed E-state index contributed by atoms with van der Waals surface area (Å²) in [6.07, 6.45) is 2.21. The lowest BCUT2D eigenvalue weighted by atomic mass is 9.91. The Labute approximate surface area is 108 Å². The maximum absolute atomic E-state index is 6.11. The zero-order valence-electron chi connectivity index (χ0n) is 11.3. The summed E-state index contributed by atoms with van der Waals surface area (Å²) >= 11 is 0. The van der Waals surface area contributed by atoms with E-state index in [1.54, 1.807) is 7.11 Å². The van der Waals surface area contributed by atoms with Crippen LogP contribution in [-0.2, 0) is 17.9 Å². The lowest BCUT2D eigenvalue weighted by Gasteiger charge is -2.36. The van der Waals surface area contributed by atoms with E-state index in [9.17, 15) is 0 Å². The molecule has 18 heavy (non-hydrogen) atoms. The van der Waals surface area contributed by atoms with Crippen molar-refractivity contribution in [3.63, 3.8) is 0 Å². The van der Waals surface area contributed by atoms with Gasteiger partial charge in [-0.25, -0.2) is 0 Å². The average Bonchev–Trinajstić information content (AvgIpc) is 2.80. The number of rotatable bonds is 5. The fourth-order valence-electron chi connectivity index (χ4n) is 2.57. The van der Waals surface area contributed by atoms with Gasteiger partial charge in [-0.05, 0) is 12.3 Å². The summed E-state index contributed by atoms with van der Waals surface area (Å²) in [5.74, 6) is 1.39. The highest BCUT2D eigenvalue weighted by atomic mass is 16.5. The summed E-state index contributed by atoms with van der Waals surface area (Å²) in [5.41, 5.74) is 7.09. The lowest BCUT2D eigenvalue weighted by Crippen LogP contribution is -2.46. The van der Waals surface area contributed by atoms with Crippen molar-refractivity contribution in [2.45, 2.75) is 39.0 Å². The number of hydrogen-bond donors (Lipinski definition) is 1. The summed E-state index contributed by atoms with van der Waals surface area (Å²) < 4.78 is 10.2. The Morgan fingerprint density at radius 3 is 3.17 bits per heavy atom. The van der Waals surface area contributed by atoms with Gasteiger partial charge in [0.1, 0.15) is 6.61 Å². The van der Waals surface area contributed by atoms with Crippen LogP contribution in [-0.4, -0.2) is 36.3 Å². The van der Waals surface area contributed by atoms with Crippen LogP contribution >= 0.6 is 0 Å². The van der Waals surface area contributed by atoms with Gasteiger partial charge in [0.05, 0.1) is 5.69 Å². The van der Waals surface area contributed by atoms with Crippen LogP contribution in [0, 0.1) is 5.92 Å². The van der Waals surface area contributed by atoms with E-state index in [0.717, 1.165) is 43.9 Å². The topological polar surface area (TPSA) is 64.5 Å². The molecule has 1 aromatic rings. The zero-order valence-corrected chi connectivity index (χ0v) is 11.3. The van der Waals surface area contributed by atoms with Gasteiger partial charge in [0, 0.05) is 38.9 Å². The van der Waals surface area contributed by atoms with Gasteiger partial charge in [-0.3, -0.25) is 4.90 Å². The molecule has 0 spiro atoms. The highest BCUT2D eigenvalue weighted by Crippen LogP contribution is 2.20. The molecule has 2 heterocycles. The van der Waals surface area contributed by atoms with Crippen molar-refractivity contribution in [2.24, 2.45) is 11.7 Å². The predicted molar refractivity (Wildman–Crippen MR) is 68.9 cm³/mol. The summed E-state index contributed by atoms with van der Waals surface area (Å²) in [6, 6.07) is 2.33. The third-order valence-corrected chi connectivity index (χ3v) is 3.68. The first-order chi connectivity index (χ1) is 8.72. The monoisotopic (exact) mass is 253 g/mol. The number of piperidine rings is 1. The van der Waals surface area contributed by atoms with Crippen molar-refractivity contribution in [1.82, 2.24) is 10.1 Å². The number of nitrogens with zero attached hydrogens (tertiary/aromatic N) is 2. The Morgan fingerprint density at radius 2 is 2.44 bits per heavy atom. The molecular formula is C13H23N3O2. The highest BCUT2D eigenvalue weighted by Gasteiger charge is 2.25. The third kappa shape index (κ3) is 3.31. The summed E-state index contributed by atoms with van der Waals surface area (Å²) in [7, 11) is 1.65. The quantitative estimate of drug-likeness (QED) is 0.859. The third-order valence-electron chi connectivity index (χ3n) is 3.68. The number of methoxy groups -OCH3 is 1. The Bertz CT molecular complexity index is 367. The van der Waals surface area contributed by atoms with Crippen LogP contribution in [0.4, 0.5) is 0 Å². The molecule has 2 N–H and O–H groups in total. The molecule has 0 radical (unpaired) electrons. The van der Waals surface area contributed by atoms with Crippen LogP contribution in [0.3, 0.4) is 0 Å². The molecular weight excluding hydrogens is 230 g/mol. The lowest BCUT2D eigenvalue weighted by molar-refractivity contribution is 0.141. The second kappa shape index (κ2) is 6.31. The number of aromatic nitrogens is 1. The Balaban J connectivity index is 1.88. The van der Waals surface area contributed by atoms with Crippen molar-refractivity contribution in [1.29, 1.82) is 0 Å². The van der Waals surface area contributed by atoms with Gasteiger partial charge in [0.15, 0.2) is 5.76 Å². The summed E-state index contributed by atoms with van der Waals surface area (Å²) in [6.45, 7) is 5.64. The van der Waals surface area contributed by atoms with Gasteiger partial charge < -0.3 is 15.0 Å². The van der Waals surface area contributed by atoms with Crippen LogP contribution in [0.1, 0.15) is 31.2 Å². The largest absolute Gasteiger partial charge is 0.377 e.